The molecule has 54 valence electrons. The van der Waals surface area contributed by atoms with Crippen molar-refractivity contribution in [3.8, 4) is 0 Å². The Morgan fingerprint density at radius 3 is 2.44 bits per heavy atom. The Hall–Kier alpha value is -0.160. The molecule has 0 aromatic carbocycles. The van der Waals surface area contributed by atoms with Gasteiger partial charge in [-0.2, -0.15) is 0 Å². The number of methoxy groups -OCH3 is 1. The molecule has 0 saturated carbocycles. The second-order valence-corrected chi connectivity index (χ2v) is 2.39. The Kier molecular flexibility index (Phi) is 2.02. The molecule has 2 unspecified atom stereocenters. The monoisotopic (exact) mass is 131 g/mol. The maximum Gasteiger partial charge on any atom is 0.0875 e. The fraction of sp³-hybridized carbons (Fsp3) is 1.00. The minimum atomic E-state index is 0.0833. The van der Waals surface area contributed by atoms with Gasteiger partial charge < -0.3 is 10.5 Å². The van der Waals surface area contributed by atoms with E-state index in [-0.39, 0.29) is 12.1 Å². The molecule has 0 aromatic heterocycles. The van der Waals surface area contributed by atoms with Crippen LogP contribution in [0.3, 0.4) is 0 Å². The Balaban J connectivity index is 2.38. The highest BCUT2D eigenvalue weighted by Gasteiger charge is 2.27. The molecule has 0 aromatic rings. The highest BCUT2D eigenvalue weighted by atomic mass is 16.5. The Bertz CT molecular complexity index is 98.2. The summed E-state index contributed by atoms with van der Waals surface area (Å²) in [7, 11) is 1.66. The molecular weight excluding hydrogens is 118 g/mol. The number of hydrogen-bond donors (Lipinski definition) is 2. The number of ether oxygens (including phenoxy) is 1. The van der Waals surface area contributed by atoms with E-state index in [0.717, 1.165) is 13.1 Å². The van der Waals surface area contributed by atoms with E-state index in [1.807, 2.05) is 0 Å². The predicted molar refractivity (Wildman–Crippen MR) is 34.5 cm³/mol. The number of rotatable bonds is 1. The topological polar surface area (TPSA) is 64.5 Å². The van der Waals surface area contributed by atoms with Crippen molar-refractivity contribution >= 4 is 0 Å². The van der Waals surface area contributed by atoms with Crippen molar-refractivity contribution in [1.82, 2.24) is 5.01 Å². The van der Waals surface area contributed by atoms with Crippen molar-refractivity contribution in [2.75, 3.05) is 20.2 Å². The van der Waals surface area contributed by atoms with Gasteiger partial charge in [-0.1, -0.05) is 0 Å². The minimum Gasteiger partial charge on any atom is -0.378 e. The summed E-state index contributed by atoms with van der Waals surface area (Å²) in [5, 5.41) is 1.68. The molecule has 0 amide bonds. The van der Waals surface area contributed by atoms with E-state index in [0.29, 0.717) is 0 Å². The fourth-order valence-corrected chi connectivity index (χ4v) is 1.08. The largest absolute Gasteiger partial charge is 0.378 e. The Morgan fingerprint density at radius 2 is 2.22 bits per heavy atom. The van der Waals surface area contributed by atoms with Gasteiger partial charge in [-0.25, -0.2) is 5.01 Å². The van der Waals surface area contributed by atoms with Crippen LogP contribution in [0.15, 0.2) is 0 Å². The lowest BCUT2D eigenvalue weighted by atomic mass is 10.2. The van der Waals surface area contributed by atoms with Crippen LogP contribution in [-0.2, 0) is 4.74 Å². The molecule has 1 aliphatic heterocycles. The summed E-state index contributed by atoms with van der Waals surface area (Å²) < 4.78 is 5.05. The van der Waals surface area contributed by atoms with Crippen LogP contribution in [0.1, 0.15) is 0 Å². The lowest BCUT2D eigenvalue weighted by Gasteiger charge is -2.09. The molecule has 1 heterocycles. The summed E-state index contributed by atoms with van der Waals surface area (Å²) in [4.78, 5) is 0. The first-order valence-corrected chi connectivity index (χ1v) is 3.02. The van der Waals surface area contributed by atoms with Gasteiger partial charge in [0.25, 0.3) is 0 Å². The molecule has 4 N–H and O–H groups in total. The van der Waals surface area contributed by atoms with Gasteiger partial charge in [0.2, 0.25) is 0 Å². The molecule has 9 heavy (non-hydrogen) atoms. The predicted octanol–water partition coefficient (Wildman–Crippen LogP) is -1.48. The third-order valence-corrected chi connectivity index (χ3v) is 1.64. The normalized spacial score (nSPS) is 37.7. The number of nitrogens with zero attached hydrogens (tertiary/aromatic N) is 1. The maximum atomic E-state index is 5.63. The zero-order valence-corrected chi connectivity index (χ0v) is 5.58. The van der Waals surface area contributed by atoms with Crippen LogP contribution in [0, 0.1) is 0 Å². The summed E-state index contributed by atoms with van der Waals surface area (Å²) in [5.74, 6) is 5.46. The molecule has 2 atom stereocenters. The van der Waals surface area contributed by atoms with Gasteiger partial charge in [-0.05, 0) is 0 Å². The summed E-state index contributed by atoms with van der Waals surface area (Å²) in [5.41, 5.74) is 5.63. The Morgan fingerprint density at radius 1 is 1.56 bits per heavy atom. The van der Waals surface area contributed by atoms with Crippen LogP contribution in [0.2, 0.25) is 0 Å². The molecule has 0 bridgehead atoms. The number of hydrogen-bond acceptors (Lipinski definition) is 4. The summed E-state index contributed by atoms with van der Waals surface area (Å²) in [6.07, 6.45) is 0.120. The Labute approximate surface area is 54.7 Å². The molecule has 1 saturated heterocycles. The van der Waals surface area contributed by atoms with E-state index >= 15 is 0 Å². The lowest BCUT2D eigenvalue weighted by Crippen LogP contribution is -2.34. The first kappa shape index (κ1) is 6.95. The number of hydrazine groups is 1. The van der Waals surface area contributed by atoms with Gasteiger partial charge >= 0.3 is 0 Å². The average Bonchev–Trinajstić information content (AvgIpc) is 2.10. The molecule has 4 heteroatoms. The smallest absolute Gasteiger partial charge is 0.0875 e. The van der Waals surface area contributed by atoms with Crippen molar-refractivity contribution < 1.29 is 4.74 Å². The molecule has 4 nitrogen and oxygen atoms in total. The minimum absolute atomic E-state index is 0.0833. The summed E-state index contributed by atoms with van der Waals surface area (Å²) in [6.45, 7) is 1.48. The van der Waals surface area contributed by atoms with E-state index in [1.165, 1.54) is 0 Å². The maximum absolute atomic E-state index is 5.63. The zero-order valence-electron chi connectivity index (χ0n) is 5.58. The number of nitrogens with two attached hydrogens (primary N) is 2. The van der Waals surface area contributed by atoms with Gasteiger partial charge in [0, 0.05) is 26.2 Å². The van der Waals surface area contributed by atoms with Gasteiger partial charge in [0.1, 0.15) is 0 Å². The van der Waals surface area contributed by atoms with Gasteiger partial charge in [0.15, 0.2) is 0 Å². The lowest BCUT2D eigenvalue weighted by molar-refractivity contribution is 0.0984. The van der Waals surface area contributed by atoms with E-state index < -0.39 is 0 Å². The van der Waals surface area contributed by atoms with Gasteiger partial charge in [-0.15, -0.1) is 0 Å². The van der Waals surface area contributed by atoms with Crippen molar-refractivity contribution in [3.05, 3.63) is 0 Å². The van der Waals surface area contributed by atoms with Crippen LogP contribution < -0.4 is 11.6 Å². The quantitative estimate of drug-likeness (QED) is 0.426. The third kappa shape index (κ3) is 1.40. The van der Waals surface area contributed by atoms with Crippen molar-refractivity contribution in [3.63, 3.8) is 0 Å². The molecule has 1 rings (SSSR count). The third-order valence-electron chi connectivity index (χ3n) is 1.64. The van der Waals surface area contributed by atoms with Crippen molar-refractivity contribution in [2.24, 2.45) is 11.6 Å². The molecule has 0 radical (unpaired) electrons. The van der Waals surface area contributed by atoms with Gasteiger partial charge in [-0.3, -0.25) is 5.84 Å². The summed E-state index contributed by atoms with van der Waals surface area (Å²) >= 11 is 0. The first-order valence-electron chi connectivity index (χ1n) is 3.02. The van der Waals surface area contributed by atoms with Gasteiger partial charge in [0.05, 0.1) is 6.10 Å². The second-order valence-electron chi connectivity index (χ2n) is 2.39. The zero-order chi connectivity index (χ0) is 6.85. The van der Waals surface area contributed by atoms with Crippen LogP contribution >= 0.6 is 0 Å². The standard InChI is InChI=1S/C5H13N3O/c1-9-5-3-8(7)2-4(5)6/h4-5H,2-3,6-7H2,1H3. The SMILES string of the molecule is COC1CN(N)CC1N. The molecule has 1 fully saturated rings. The second kappa shape index (κ2) is 2.62. The summed E-state index contributed by atoms with van der Waals surface area (Å²) in [6, 6.07) is 0.0833. The molecule has 0 spiro atoms. The van der Waals surface area contributed by atoms with E-state index in [4.69, 9.17) is 16.3 Å². The van der Waals surface area contributed by atoms with Crippen LogP contribution in [0.5, 0.6) is 0 Å². The molecule has 1 aliphatic rings. The van der Waals surface area contributed by atoms with Crippen molar-refractivity contribution in [1.29, 1.82) is 0 Å². The highest BCUT2D eigenvalue weighted by molar-refractivity contribution is 4.84. The molecular formula is C5H13N3O. The fourth-order valence-electron chi connectivity index (χ4n) is 1.08. The van der Waals surface area contributed by atoms with Crippen LogP contribution in [0.4, 0.5) is 0 Å². The van der Waals surface area contributed by atoms with E-state index in [2.05, 4.69) is 0 Å². The first-order chi connectivity index (χ1) is 4.24. The average molecular weight is 131 g/mol. The van der Waals surface area contributed by atoms with Crippen LogP contribution in [0.25, 0.3) is 0 Å². The van der Waals surface area contributed by atoms with E-state index in [9.17, 15) is 0 Å². The van der Waals surface area contributed by atoms with Crippen molar-refractivity contribution in [2.45, 2.75) is 12.1 Å². The highest BCUT2D eigenvalue weighted by Crippen LogP contribution is 2.05. The van der Waals surface area contributed by atoms with E-state index in [1.54, 1.807) is 12.1 Å². The van der Waals surface area contributed by atoms with Crippen LogP contribution in [-0.4, -0.2) is 37.4 Å². The molecule has 0 aliphatic carbocycles.